The Morgan fingerprint density at radius 1 is 0.500 bits per heavy atom. The average molecular weight is 449 g/mol. The van der Waals surface area contributed by atoms with E-state index in [0.717, 1.165) is 12.5 Å². The van der Waals surface area contributed by atoms with Crippen molar-refractivity contribution >= 4 is 0 Å². The van der Waals surface area contributed by atoms with Crippen LogP contribution >= 0.6 is 0 Å². The third kappa shape index (κ3) is 13.6. The Labute approximate surface area is 202 Å². The summed E-state index contributed by atoms with van der Waals surface area (Å²) in [7, 11) is 0. The van der Waals surface area contributed by atoms with Crippen LogP contribution in [0.4, 0.5) is 0 Å². The van der Waals surface area contributed by atoms with E-state index < -0.39 is 0 Å². The van der Waals surface area contributed by atoms with Crippen LogP contribution in [0, 0.1) is 5.92 Å². The highest BCUT2D eigenvalue weighted by Gasteiger charge is 2.39. The standard InChI is InChI=1S/C30H60N2/c1-2-3-4-5-6-7-8-9-10-11-12-13-14-15-16-17-18-19-26-31-27-28-32-30-23-20-29(21-24-30)22-25-30/h29,31-32H,2-28H2,1H3. The topological polar surface area (TPSA) is 24.1 Å². The van der Waals surface area contributed by atoms with Gasteiger partial charge in [-0.1, -0.05) is 116 Å². The van der Waals surface area contributed by atoms with E-state index in [1.165, 1.54) is 167 Å². The van der Waals surface area contributed by atoms with Gasteiger partial charge < -0.3 is 10.6 Å². The minimum Gasteiger partial charge on any atom is -0.315 e. The summed E-state index contributed by atoms with van der Waals surface area (Å²) < 4.78 is 0. The van der Waals surface area contributed by atoms with Crippen LogP contribution in [0.25, 0.3) is 0 Å². The fraction of sp³-hybridized carbons (Fsp3) is 1.00. The lowest BCUT2D eigenvalue weighted by Gasteiger charge is -2.47. The van der Waals surface area contributed by atoms with E-state index in [4.69, 9.17) is 0 Å². The number of nitrogens with one attached hydrogen (secondary N) is 2. The van der Waals surface area contributed by atoms with E-state index in [9.17, 15) is 0 Å². The molecule has 2 N–H and O–H groups in total. The molecule has 32 heavy (non-hydrogen) atoms. The summed E-state index contributed by atoms with van der Waals surface area (Å²) in [6, 6.07) is 0. The Hall–Kier alpha value is -0.0800. The Morgan fingerprint density at radius 2 is 0.906 bits per heavy atom. The highest BCUT2D eigenvalue weighted by atomic mass is 15.0. The molecule has 2 bridgehead atoms. The summed E-state index contributed by atoms with van der Waals surface area (Å²) >= 11 is 0. The minimum absolute atomic E-state index is 0.532. The number of hydrogen-bond donors (Lipinski definition) is 2. The molecule has 0 spiro atoms. The first-order chi connectivity index (χ1) is 15.8. The number of rotatable bonds is 23. The van der Waals surface area contributed by atoms with Crippen LogP contribution < -0.4 is 10.6 Å². The van der Waals surface area contributed by atoms with E-state index in [1.807, 2.05) is 0 Å². The molecular weight excluding hydrogens is 388 g/mol. The molecule has 0 heterocycles. The van der Waals surface area contributed by atoms with Gasteiger partial charge in [0, 0.05) is 18.6 Å². The van der Waals surface area contributed by atoms with Gasteiger partial charge in [-0.25, -0.2) is 0 Å². The van der Waals surface area contributed by atoms with Gasteiger partial charge in [-0.15, -0.1) is 0 Å². The number of hydrogen-bond acceptors (Lipinski definition) is 2. The quantitative estimate of drug-likeness (QED) is 0.152. The molecule has 2 nitrogen and oxygen atoms in total. The Bertz CT molecular complexity index is 386. The van der Waals surface area contributed by atoms with Crippen molar-refractivity contribution < 1.29 is 0 Å². The minimum atomic E-state index is 0.532. The third-order valence-electron chi connectivity index (χ3n) is 8.60. The SMILES string of the molecule is CCCCCCCCCCCCCCCCCCCCNCCNC12CCC(CC1)CC2. The first-order valence-corrected chi connectivity index (χ1v) is 15.3. The second kappa shape index (κ2) is 19.2. The van der Waals surface area contributed by atoms with Gasteiger partial charge >= 0.3 is 0 Å². The van der Waals surface area contributed by atoms with Crippen molar-refractivity contribution in [1.82, 2.24) is 10.6 Å². The zero-order chi connectivity index (χ0) is 22.6. The first kappa shape index (κ1) is 28.2. The van der Waals surface area contributed by atoms with E-state index in [-0.39, 0.29) is 0 Å². The van der Waals surface area contributed by atoms with Gasteiger partial charge in [-0.05, 0) is 57.4 Å². The molecule has 3 rings (SSSR count). The predicted octanol–water partition coefficient (Wildman–Crippen LogP) is 8.93. The van der Waals surface area contributed by atoms with Gasteiger partial charge in [0.15, 0.2) is 0 Å². The maximum absolute atomic E-state index is 3.92. The molecule has 2 heteroatoms. The number of unbranched alkanes of at least 4 members (excludes halogenated alkanes) is 17. The second-order valence-corrected chi connectivity index (χ2v) is 11.4. The predicted molar refractivity (Wildman–Crippen MR) is 144 cm³/mol. The van der Waals surface area contributed by atoms with Crippen molar-refractivity contribution in [1.29, 1.82) is 0 Å². The second-order valence-electron chi connectivity index (χ2n) is 11.4. The Morgan fingerprint density at radius 3 is 1.34 bits per heavy atom. The molecule has 0 saturated heterocycles. The lowest BCUT2D eigenvalue weighted by molar-refractivity contribution is 0.106. The van der Waals surface area contributed by atoms with E-state index >= 15 is 0 Å². The van der Waals surface area contributed by atoms with Crippen LogP contribution in [-0.4, -0.2) is 25.2 Å². The molecule has 3 fully saturated rings. The van der Waals surface area contributed by atoms with Gasteiger partial charge in [0.05, 0.1) is 0 Å². The maximum atomic E-state index is 3.92. The van der Waals surface area contributed by atoms with Gasteiger partial charge in [-0.3, -0.25) is 0 Å². The molecule has 0 atom stereocenters. The summed E-state index contributed by atoms with van der Waals surface area (Å²) in [6.45, 7) is 5.85. The number of fused-ring (bicyclic) bond motifs is 3. The fourth-order valence-electron chi connectivity index (χ4n) is 6.21. The highest BCUT2D eigenvalue weighted by molar-refractivity contribution is 4.98. The molecule has 0 radical (unpaired) electrons. The first-order valence-electron chi connectivity index (χ1n) is 15.3. The van der Waals surface area contributed by atoms with E-state index in [2.05, 4.69) is 17.6 Å². The largest absolute Gasteiger partial charge is 0.315 e. The highest BCUT2D eigenvalue weighted by Crippen LogP contribution is 2.43. The van der Waals surface area contributed by atoms with Crippen molar-refractivity contribution in [3.8, 4) is 0 Å². The molecule has 0 aromatic carbocycles. The molecule has 0 aliphatic heterocycles. The summed E-state index contributed by atoms with van der Waals surface area (Å²) in [5.41, 5.74) is 0.532. The van der Waals surface area contributed by atoms with Crippen LogP contribution in [0.3, 0.4) is 0 Å². The summed E-state index contributed by atoms with van der Waals surface area (Å²) in [6.07, 6.45) is 35.0. The van der Waals surface area contributed by atoms with Crippen molar-refractivity contribution in [2.24, 2.45) is 5.92 Å². The zero-order valence-corrected chi connectivity index (χ0v) is 22.2. The molecule has 0 amide bonds. The van der Waals surface area contributed by atoms with Crippen LogP contribution in [0.5, 0.6) is 0 Å². The van der Waals surface area contributed by atoms with Crippen molar-refractivity contribution in [2.45, 2.75) is 167 Å². The Balaban J connectivity index is 1.20. The lowest BCUT2D eigenvalue weighted by atomic mass is 9.66. The molecular formula is C30H60N2. The lowest BCUT2D eigenvalue weighted by Crippen LogP contribution is -2.53. The molecule has 3 aliphatic carbocycles. The van der Waals surface area contributed by atoms with E-state index in [1.54, 1.807) is 0 Å². The smallest absolute Gasteiger partial charge is 0.0182 e. The Kier molecular flexibility index (Phi) is 16.9. The van der Waals surface area contributed by atoms with Crippen LogP contribution in [0.2, 0.25) is 0 Å². The fourth-order valence-corrected chi connectivity index (χ4v) is 6.21. The van der Waals surface area contributed by atoms with Gasteiger partial charge in [0.25, 0.3) is 0 Å². The summed E-state index contributed by atoms with van der Waals surface area (Å²) in [4.78, 5) is 0. The van der Waals surface area contributed by atoms with Crippen molar-refractivity contribution in [3.05, 3.63) is 0 Å². The van der Waals surface area contributed by atoms with Crippen LogP contribution in [0.1, 0.15) is 161 Å². The van der Waals surface area contributed by atoms with Crippen molar-refractivity contribution in [2.75, 3.05) is 19.6 Å². The third-order valence-corrected chi connectivity index (χ3v) is 8.60. The summed E-state index contributed by atoms with van der Waals surface area (Å²) in [5.74, 6) is 1.07. The molecule has 0 aromatic heterocycles. The van der Waals surface area contributed by atoms with Gasteiger partial charge in [0.2, 0.25) is 0 Å². The molecule has 3 saturated carbocycles. The normalized spacial score (nSPS) is 22.6. The van der Waals surface area contributed by atoms with Crippen molar-refractivity contribution in [3.63, 3.8) is 0 Å². The molecule has 3 aliphatic rings. The molecule has 190 valence electrons. The molecule has 0 unspecified atom stereocenters. The summed E-state index contributed by atoms with van der Waals surface area (Å²) in [5, 5.41) is 7.59. The van der Waals surface area contributed by atoms with Crippen LogP contribution in [-0.2, 0) is 0 Å². The van der Waals surface area contributed by atoms with Crippen LogP contribution in [0.15, 0.2) is 0 Å². The average Bonchev–Trinajstić information content (AvgIpc) is 2.83. The van der Waals surface area contributed by atoms with Gasteiger partial charge in [0.1, 0.15) is 0 Å². The molecule has 0 aromatic rings. The maximum Gasteiger partial charge on any atom is 0.0182 e. The zero-order valence-electron chi connectivity index (χ0n) is 22.2. The van der Waals surface area contributed by atoms with E-state index in [0.29, 0.717) is 5.54 Å². The monoisotopic (exact) mass is 448 g/mol. The van der Waals surface area contributed by atoms with Gasteiger partial charge in [-0.2, -0.15) is 0 Å².